The van der Waals surface area contributed by atoms with Crippen LogP contribution in [0.1, 0.15) is 29.5 Å². The highest BCUT2D eigenvalue weighted by atomic mass is 16.5. The number of benzene rings is 1. The Morgan fingerprint density at radius 2 is 1.95 bits per heavy atom. The van der Waals surface area contributed by atoms with Crippen LogP contribution in [0.5, 0.6) is 5.75 Å². The molecule has 19 heavy (non-hydrogen) atoms. The number of nitrogens with two attached hydrogens (primary N) is 1. The summed E-state index contributed by atoms with van der Waals surface area (Å²) < 4.78 is 5.38. The van der Waals surface area contributed by atoms with Crippen molar-refractivity contribution in [2.45, 2.75) is 33.2 Å². The second-order valence-electron chi connectivity index (χ2n) is 4.89. The number of nitrogens with zero attached hydrogens (tertiary/aromatic N) is 1. The van der Waals surface area contributed by atoms with Crippen molar-refractivity contribution in [3.05, 3.63) is 28.8 Å². The molecule has 0 radical (unpaired) electrons. The molecule has 0 aliphatic rings. The van der Waals surface area contributed by atoms with Gasteiger partial charge >= 0.3 is 0 Å². The lowest BCUT2D eigenvalue weighted by Gasteiger charge is -2.20. The van der Waals surface area contributed by atoms with Crippen molar-refractivity contribution in [3.8, 4) is 5.75 Å². The van der Waals surface area contributed by atoms with Crippen LogP contribution in [-0.2, 0) is 11.3 Å². The summed E-state index contributed by atoms with van der Waals surface area (Å²) in [5, 5.41) is 0. The molecule has 0 unspecified atom stereocenters. The molecule has 0 atom stereocenters. The second-order valence-corrected chi connectivity index (χ2v) is 4.89. The van der Waals surface area contributed by atoms with E-state index in [0.717, 1.165) is 17.7 Å². The SMILES string of the molecule is COc1cc(C)c(C)cc1CN(C)C(=O)CCCN. The molecule has 2 N–H and O–H groups in total. The second kappa shape index (κ2) is 7.14. The molecule has 0 aromatic heterocycles. The molecule has 1 aromatic carbocycles. The number of carbonyl (C=O) groups is 1. The van der Waals surface area contributed by atoms with Gasteiger partial charge in [0.05, 0.1) is 7.11 Å². The van der Waals surface area contributed by atoms with Gasteiger partial charge in [0, 0.05) is 25.6 Å². The fraction of sp³-hybridized carbons (Fsp3) is 0.533. The van der Waals surface area contributed by atoms with Crippen molar-refractivity contribution in [3.63, 3.8) is 0 Å². The first kappa shape index (κ1) is 15.5. The highest BCUT2D eigenvalue weighted by Gasteiger charge is 2.12. The van der Waals surface area contributed by atoms with Crippen LogP contribution < -0.4 is 10.5 Å². The van der Waals surface area contributed by atoms with E-state index in [2.05, 4.69) is 19.9 Å². The summed E-state index contributed by atoms with van der Waals surface area (Å²) in [5.41, 5.74) is 8.86. The molecule has 0 saturated heterocycles. The molecule has 106 valence electrons. The maximum absolute atomic E-state index is 11.9. The van der Waals surface area contributed by atoms with Gasteiger partial charge in [0.2, 0.25) is 5.91 Å². The third-order valence-electron chi connectivity index (χ3n) is 3.32. The van der Waals surface area contributed by atoms with Crippen molar-refractivity contribution < 1.29 is 9.53 Å². The lowest BCUT2D eigenvalue weighted by molar-refractivity contribution is -0.130. The van der Waals surface area contributed by atoms with Gasteiger partial charge < -0.3 is 15.4 Å². The molecule has 0 bridgehead atoms. The van der Waals surface area contributed by atoms with Gasteiger partial charge in [-0.15, -0.1) is 0 Å². The number of aryl methyl sites for hydroxylation is 2. The summed E-state index contributed by atoms with van der Waals surface area (Å²) in [6, 6.07) is 4.10. The zero-order valence-corrected chi connectivity index (χ0v) is 12.3. The van der Waals surface area contributed by atoms with Crippen LogP contribution in [-0.4, -0.2) is 31.5 Å². The van der Waals surface area contributed by atoms with Crippen LogP contribution in [0.4, 0.5) is 0 Å². The zero-order chi connectivity index (χ0) is 14.4. The number of hydrogen-bond donors (Lipinski definition) is 1. The quantitative estimate of drug-likeness (QED) is 0.855. The minimum atomic E-state index is 0.116. The van der Waals surface area contributed by atoms with Crippen LogP contribution in [0, 0.1) is 13.8 Å². The fourth-order valence-corrected chi connectivity index (χ4v) is 1.95. The Kier molecular flexibility index (Phi) is 5.83. The van der Waals surface area contributed by atoms with E-state index in [9.17, 15) is 4.79 Å². The number of hydrogen-bond acceptors (Lipinski definition) is 3. The minimum absolute atomic E-state index is 0.116. The van der Waals surface area contributed by atoms with E-state index in [0.29, 0.717) is 19.5 Å². The number of carbonyl (C=O) groups excluding carboxylic acids is 1. The molecule has 0 saturated carbocycles. The third-order valence-corrected chi connectivity index (χ3v) is 3.32. The van der Waals surface area contributed by atoms with Gasteiger partial charge in [-0.3, -0.25) is 4.79 Å². The predicted molar refractivity (Wildman–Crippen MR) is 77.2 cm³/mol. The van der Waals surface area contributed by atoms with Crippen LogP contribution in [0.2, 0.25) is 0 Å². The largest absolute Gasteiger partial charge is 0.496 e. The first-order chi connectivity index (χ1) is 8.99. The molecule has 0 aliphatic carbocycles. The zero-order valence-electron chi connectivity index (χ0n) is 12.3. The van der Waals surface area contributed by atoms with Crippen molar-refractivity contribution >= 4 is 5.91 Å². The lowest BCUT2D eigenvalue weighted by Crippen LogP contribution is -2.26. The Labute approximate surface area is 115 Å². The number of methoxy groups -OCH3 is 1. The van der Waals surface area contributed by atoms with Gasteiger partial charge in [-0.1, -0.05) is 6.07 Å². The maximum atomic E-state index is 11.9. The predicted octanol–water partition coefficient (Wildman–Crippen LogP) is 2.01. The average molecular weight is 264 g/mol. The van der Waals surface area contributed by atoms with Gasteiger partial charge in [-0.05, 0) is 44.0 Å². The molecule has 0 spiro atoms. The average Bonchev–Trinajstić information content (AvgIpc) is 2.39. The van der Waals surface area contributed by atoms with E-state index in [4.69, 9.17) is 10.5 Å². The van der Waals surface area contributed by atoms with Crippen molar-refractivity contribution in [1.29, 1.82) is 0 Å². The van der Waals surface area contributed by atoms with Crippen LogP contribution in [0.15, 0.2) is 12.1 Å². The Morgan fingerprint density at radius 1 is 1.32 bits per heavy atom. The molecule has 0 aliphatic heterocycles. The lowest BCUT2D eigenvalue weighted by atomic mass is 10.0. The van der Waals surface area contributed by atoms with Crippen molar-refractivity contribution in [2.24, 2.45) is 5.73 Å². The first-order valence-electron chi connectivity index (χ1n) is 6.57. The molecular weight excluding hydrogens is 240 g/mol. The minimum Gasteiger partial charge on any atom is -0.496 e. The monoisotopic (exact) mass is 264 g/mol. The highest BCUT2D eigenvalue weighted by molar-refractivity contribution is 5.75. The van der Waals surface area contributed by atoms with Crippen molar-refractivity contribution in [1.82, 2.24) is 4.90 Å². The molecule has 1 aromatic rings. The topological polar surface area (TPSA) is 55.6 Å². The highest BCUT2D eigenvalue weighted by Crippen LogP contribution is 2.24. The summed E-state index contributed by atoms with van der Waals surface area (Å²) in [7, 11) is 3.47. The standard InChI is InChI=1S/C15H24N2O2/c1-11-8-13(14(19-4)9-12(11)2)10-17(3)15(18)6-5-7-16/h8-9H,5-7,10,16H2,1-4H3. The number of ether oxygens (including phenoxy) is 1. The van der Waals surface area contributed by atoms with Crippen LogP contribution >= 0.6 is 0 Å². The van der Waals surface area contributed by atoms with Crippen LogP contribution in [0.3, 0.4) is 0 Å². The molecule has 1 rings (SSSR count). The van der Waals surface area contributed by atoms with E-state index in [-0.39, 0.29) is 5.91 Å². The van der Waals surface area contributed by atoms with Gasteiger partial charge in [0.15, 0.2) is 0 Å². The number of rotatable bonds is 6. The summed E-state index contributed by atoms with van der Waals surface area (Å²) in [5.74, 6) is 0.951. The Hall–Kier alpha value is -1.55. The van der Waals surface area contributed by atoms with E-state index in [1.165, 1.54) is 11.1 Å². The van der Waals surface area contributed by atoms with Gasteiger partial charge in [0.25, 0.3) is 0 Å². The molecule has 1 amide bonds. The van der Waals surface area contributed by atoms with Crippen LogP contribution in [0.25, 0.3) is 0 Å². The summed E-state index contributed by atoms with van der Waals surface area (Å²) in [6.07, 6.45) is 1.23. The van der Waals surface area contributed by atoms with Crippen molar-refractivity contribution in [2.75, 3.05) is 20.7 Å². The molecular formula is C15H24N2O2. The van der Waals surface area contributed by atoms with Gasteiger partial charge in [-0.25, -0.2) is 0 Å². The molecule has 4 heteroatoms. The smallest absolute Gasteiger partial charge is 0.222 e. The Bertz CT molecular complexity index is 444. The third kappa shape index (κ3) is 4.24. The summed E-state index contributed by atoms with van der Waals surface area (Å²) >= 11 is 0. The summed E-state index contributed by atoms with van der Waals surface area (Å²) in [6.45, 7) is 5.23. The van der Waals surface area contributed by atoms with E-state index in [1.807, 2.05) is 13.1 Å². The molecule has 4 nitrogen and oxygen atoms in total. The maximum Gasteiger partial charge on any atom is 0.222 e. The van der Waals surface area contributed by atoms with E-state index in [1.54, 1.807) is 12.0 Å². The number of amides is 1. The van der Waals surface area contributed by atoms with E-state index >= 15 is 0 Å². The van der Waals surface area contributed by atoms with E-state index < -0.39 is 0 Å². The fourth-order valence-electron chi connectivity index (χ4n) is 1.95. The van der Waals surface area contributed by atoms with Gasteiger partial charge in [-0.2, -0.15) is 0 Å². The normalized spacial score (nSPS) is 10.4. The molecule has 0 heterocycles. The molecule has 0 fully saturated rings. The van der Waals surface area contributed by atoms with Gasteiger partial charge in [0.1, 0.15) is 5.75 Å². The summed E-state index contributed by atoms with van der Waals surface area (Å²) in [4.78, 5) is 13.6. The Balaban J connectivity index is 2.81. The Morgan fingerprint density at radius 3 is 2.53 bits per heavy atom. The first-order valence-corrected chi connectivity index (χ1v) is 6.57.